The van der Waals surface area contributed by atoms with Crippen molar-refractivity contribution < 1.29 is 4.79 Å². The van der Waals surface area contributed by atoms with Crippen molar-refractivity contribution in [1.29, 1.82) is 0 Å². The maximum Gasteiger partial charge on any atom is 0.253 e. The zero-order chi connectivity index (χ0) is 19.8. The molecule has 29 heavy (non-hydrogen) atoms. The van der Waals surface area contributed by atoms with Gasteiger partial charge in [0.2, 0.25) is 5.16 Å². The van der Waals surface area contributed by atoms with Gasteiger partial charge in [-0.05, 0) is 35.6 Å². The molecule has 144 valence electrons. The molecule has 2 aromatic carbocycles. The van der Waals surface area contributed by atoms with Crippen molar-refractivity contribution in [3.05, 3.63) is 88.2 Å². The van der Waals surface area contributed by atoms with Crippen molar-refractivity contribution in [1.82, 2.24) is 19.6 Å². The molecule has 7 heteroatoms. The molecule has 0 bridgehead atoms. The maximum atomic E-state index is 12.7. The van der Waals surface area contributed by atoms with Crippen LogP contribution in [0.1, 0.15) is 39.5 Å². The van der Waals surface area contributed by atoms with E-state index < -0.39 is 0 Å². The molecule has 0 saturated carbocycles. The van der Waals surface area contributed by atoms with Crippen LogP contribution in [0.2, 0.25) is 5.02 Å². The second kappa shape index (κ2) is 7.61. The van der Waals surface area contributed by atoms with E-state index in [1.807, 2.05) is 42.5 Å². The average molecular weight is 421 g/mol. The van der Waals surface area contributed by atoms with Crippen LogP contribution in [0.15, 0.2) is 66.0 Å². The summed E-state index contributed by atoms with van der Waals surface area (Å²) < 4.78 is 1.61. The van der Waals surface area contributed by atoms with Gasteiger partial charge in [-0.1, -0.05) is 65.8 Å². The number of fused-ring (bicyclic) bond motifs is 2. The van der Waals surface area contributed by atoms with E-state index in [1.165, 1.54) is 17.3 Å². The zero-order valence-electron chi connectivity index (χ0n) is 15.5. The van der Waals surface area contributed by atoms with Gasteiger partial charge >= 0.3 is 0 Å². The first-order valence-corrected chi connectivity index (χ1v) is 10.7. The van der Waals surface area contributed by atoms with E-state index in [1.54, 1.807) is 10.7 Å². The number of hydrogen-bond donors (Lipinski definition) is 0. The standard InChI is InChI=1S/C22H17ClN4OS/c23-17-8-4-5-14(9-17)13-29-22-25-21-24-19-10-16(15-6-2-1-3-7-15)11-20(28)18(19)12-27(21)26-22/h1-9,12,16H,10-11,13H2. The molecular weight excluding hydrogens is 404 g/mol. The Labute approximate surface area is 177 Å². The van der Waals surface area contributed by atoms with Crippen LogP contribution >= 0.6 is 23.4 Å². The van der Waals surface area contributed by atoms with Gasteiger partial charge in [0.05, 0.1) is 11.3 Å². The Morgan fingerprint density at radius 3 is 2.76 bits per heavy atom. The summed E-state index contributed by atoms with van der Waals surface area (Å²) in [5.74, 6) is 1.51. The van der Waals surface area contributed by atoms with Crippen LogP contribution < -0.4 is 0 Å². The first kappa shape index (κ1) is 18.3. The lowest BCUT2D eigenvalue weighted by molar-refractivity contribution is 0.0962. The number of carbonyl (C=O) groups is 1. The van der Waals surface area contributed by atoms with Gasteiger partial charge in [0.25, 0.3) is 5.78 Å². The van der Waals surface area contributed by atoms with Crippen molar-refractivity contribution in [3.8, 4) is 0 Å². The summed E-state index contributed by atoms with van der Waals surface area (Å²) in [7, 11) is 0. The summed E-state index contributed by atoms with van der Waals surface area (Å²) in [6, 6.07) is 17.9. The Balaban J connectivity index is 1.41. The zero-order valence-corrected chi connectivity index (χ0v) is 17.0. The van der Waals surface area contributed by atoms with Crippen LogP contribution in [0.4, 0.5) is 0 Å². The number of nitrogens with zero attached hydrogens (tertiary/aromatic N) is 4. The smallest absolute Gasteiger partial charge is 0.253 e. The molecule has 0 N–H and O–H groups in total. The third-order valence-electron chi connectivity index (χ3n) is 5.09. The minimum Gasteiger partial charge on any atom is -0.294 e. The number of Topliss-reactive ketones (excluding diaryl/α,β-unsaturated/α-hetero) is 1. The Bertz CT molecular complexity index is 1210. The Morgan fingerprint density at radius 2 is 1.93 bits per heavy atom. The average Bonchev–Trinajstić information content (AvgIpc) is 3.13. The van der Waals surface area contributed by atoms with Crippen molar-refractivity contribution in [2.24, 2.45) is 0 Å². The number of carbonyl (C=O) groups excluding carboxylic acids is 1. The van der Waals surface area contributed by atoms with Gasteiger partial charge in [-0.15, -0.1) is 5.10 Å². The Morgan fingerprint density at radius 1 is 1.07 bits per heavy atom. The molecule has 1 aliphatic carbocycles. The van der Waals surface area contributed by atoms with Crippen LogP contribution in [0, 0.1) is 0 Å². The van der Waals surface area contributed by atoms with E-state index in [0.717, 1.165) is 17.7 Å². The van der Waals surface area contributed by atoms with Crippen molar-refractivity contribution in [2.75, 3.05) is 0 Å². The summed E-state index contributed by atoms with van der Waals surface area (Å²) in [6.45, 7) is 0. The fraction of sp³-hybridized carbons (Fsp3) is 0.182. The lowest BCUT2D eigenvalue weighted by atomic mass is 9.82. The normalized spacial score (nSPS) is 16.2. The van der Waals surface area contributed by atoms with E-state index in [9.17, 15) is 4.79 Å². The molecule has 0 amide bonds. The van der Waals surface area contributed by atoms with Crippen LogP contribution in [-0.4, -0.2) is 25.4 Å². The van der Waals surface area contributed by atoms with E-state index >= 15 is 0 Å². The lowest BCUT2D eigenvalue weighted by Crippen LogP contribution is -2.21. The molecule has 0 spiro atoms. The summed E-state index contributed by atoms with van der Waals surface area (Å²) >= 11 is 7.57. The summed E-state index contributed by atoms with van der Waals surface area (Å²) in [4.78, 5) is 21.9. The second-order valence-corrected chi connectivity index (χ2v) is 8.48. The van der Waals surface area contributed by atoms with Crippen LogP contribution in [0.25, 0.3) is 5.78 Å². The fourth-order valence-electron chi connectivity index (χ4n) is 3.66. The van der Waals surface area contributed by atoms with E-state index in [4.69, 9.17) is 11.6 Å². The van der Waals surface area contributed by atoms with Gasteiger partial charge in [0.15, 0.2) is 5.78 Å². The summed E-state index contributed by atoms with van der Waals surface area (Å²) in [5, 5.41) is 5.84. The molecule has 5 rings (SSSR count). The van der Waals surface area contributed by atoms with Crippen LogP contribution in [0.5, 0.6) is 0 Å². The number of thioether (sulfide) groups is 1. The molecule has 2 heterocycles. The highest BCUT2D eigenvalue weighted by Crippen LogP contribution is 2.32. The SMILES string of the molecule is O=C1CC(c2ccccc2)Cc2nc3nc(SCc4cccc(Cl)c4)nn3cc21. The molecule has 0 fully saturated rings. The largest absolute Gasteiger partial charge is 0.294 e. The van der Waals surface area contributed by atoms with Crippen LogP contribution in [-0.2, 0) is 12.2 Å². The Hall–Kier alpha value is -2.70. The molecule has 5 nitrogen and oxygen atoms in total. The molecule has 4 aromatic rings. The summed E-state index contributed by atoms with van der Waals surface area (Å²) in [6.07, 6.45) is 3.01. The van der Waals surface area contributed by atoms with Gasteiger partial charge in [-0.25, -0.2) is 9.50 Å². The van der Waals surface area contributed by atoms with Gasteiger partial charge in [0.1, 0.15) is 0 Å². The second-order valence-electron chi connectivity index (χ2n) is 7.10. The van der Waals surface area contributed by atoms with Crippen molar-refractivity contribution >= 4 is 34.9 Å². The molecule has 0 radical (unpaired) electrons. The number of hydrogen-bond acceptors (Lipinski definition) is 5. The predicted molar refractivity (Wildman–Crippen MR) is 114 cm³/mol. The van der Waals surface area contributed by atoms with Gasteiger partial charge in [-0.3, -0.25) is 4.79 Å². The molecule has 2 aromatic heterocycles. The molecule has 1 atom stereocenters. The topological polar surface area (TPSA) is 60.2 Å². The maximum absolute atomic E-state index is 12.7. The first-order chi connectivity index (χ1) is 14.2. The number of ketones is 1. The minimum absolute atomic E-state index is 0.109. The van der Waals surface area contributed by atoms with E-state index in [0.29, 0.717) is 33.7 Å². The van der Waals surface area contributed by atoms with Crippen LogP contribution in [0.3, 0.4) is 0 Å². The molecule has 1 unspecified atom stereocenters. The highest BCUT2D eigenvalue weighted by Gasteiger charge is 2.28. The van der Waals surface area contributed by atoms with Gasteiger partial charge < -0.3 is 0 Å². The minimum atomic E-state index is 0.109. The number of rotatable bonds is 4. The quantitative estimate of drug-likeness (QED) is 0.435. The third kappa shape index (κ3) is 3.78. The molecule has 0 aliphatic heterocycles. The summed E-state index contributed by atoms with van der Waals surface area (Å²) in [5.41, 5.74) is 3.74. The fourth-order valence-corrected chi connectivity index (χ4v) is 4.64. The number of aromatic nitrogens is 4. The van der Waals surface area contributed by atoms with Crippen molar-refractivity contribution in [3.63, 3.8) is 0 Å². The van der Waals surface area contributed by atoms with E-state index in [2.05, 4.69) is 27.2 Å². The molecule has 0 saturated heterocycles. The number of benzene rings is 2. The van der Waals surface area contributed by atoms with Crippen molar-refractivity contribution in [2.45, 2.75) is 29.7 Å². The highest BCUT2D eigenvalue weighted by molar-refractivity contribution is 7.98. The monoisotopic (exact) mass is 420 g/mol. The Kier molecular flexibility index (Phi) is 4.81. The number of halogens is 1. The first-order valence-electron chi connectivity index (χ1n) is 9.37. The van der Waals surface area contributed by atoms with E-state index in [-0.39, 0.29) is 11.7 Å². The van der Waals surface area contributed by atoms with Gasteiger partial charge in [-0.2, -0.15) is 4.98 Å². The third-order valence-corrected chi connectivity index (χ3v) is 6.23. The molecule has 1 aliphatic rings. The molecular formula is C22H17ClN4OS. The lowest BCUT2D eigenvalue weighted by Gasteiger charge is -2.22. The predicted octanol–water partition coefficient (Wildman–Crippen LogP) is 4.98. The highest BCUT2D eigenvalue weighted by atomic mass is 35.5. The van der Waals surface area contributed by atoms with Gasteiger partial charge in [0, 0.05) is 23.4 Å².